The molecule has 21 heavy (non-hydrogen) atoms. The van der Waals surface area contributed by atoms with Crippen molar-refractivity contribution in [3.8, 4) is 0 Å². The molecule has 5 nitrogen and oxygen atoms in total. The standard InChI is InChI=1S/C15H29N3O2S/c1-3-21-15(6-9-19-10-7-15)12-18-14(16-2)17-11-13-5-4-8-20-13/h13H,3-12H2,1-2H3,(H2,16,17,18). The van der Waals surface area contributed by atoms with Crippen molar-refractivity contribution in [3.63, 3.8) is 0 Å². The first kappa shape index (κ1) is 16.9. The van der Waals surface area contributed by atoms with Crippen LogP contribution < -0.4 is 10.6 Å². The molecule has 0 bridgehead atoms. The second-order valence-corrected chi connectivity index (χ2v) is 7.40. The Hall–Kier alpha value is -0.460. The van der Waals surface area contributed by atoms with Crippen molar-refractivity contribution in [1.29, 1.82) is 0 Å². The molecule has 2 fully saturated rings. The molecule has 122 valence electrons. The Balaban J connectivity index is 1.77. The first-order chi connectivity index (χ1) is 10.3. The third-order valence-corrected chi connectivity index (χ3v) is 5.63. The predicted octanol–water partition coefficient (Wildman–Crippen LogP) is 1.63. The lowest BCUT2D eigenvalue weighted by Crippen LogP contribution is -2.49. The van der Waals surface area contributed by atoms with Crippen LogP contribution in [0.4, 0.5) is 0 Å². The molecule has 0 amide bonds. The van der Waals surface area contributed by atoms with Crippen LogP contribution in [0.5, 0.6) is 0 Å². The molecule has 0 aromatic heterocycles. The van der Waals surface area contributed by atoms with Gasteiger partial charge in [-0.1, -0.05) is 6.92 Å². The van der Waals surface area contributed by atoms with Gasteiger partial charge in [0.25, 0.3) is 0 Å². The molecule has 2 saturated heterocycles. The van der Waals surface area contributed by atoms with Crippen LogP contribution in [-0.4, -0.2) is 62.5 Å². The van der Waals surface area contributed by atoms with E-state index in [1.165, 1.54) is 6.42 Å². The van der Waals surface area contributed by atoms with Crippen molar-refractivity contribution >= 4 is 17.7 Å². The Kier molecular flexibility index (Phi) is 7.13. The zero-order valence-corrected chi connectivity index (χ0v) is 14.1. The summed E-state index contributed by atoms with van der Waals surface area (Å²) in [6.07, 6.45) is 4.89. The van der Waals surface area contributed by atoms with Crippen molar-refractivity contribution < 1.29 is 9.47 Å². The van der Waals surface area contributed by atoms with Crippen LogP contribution in [0.2, 0.25) is 0 Å². The predicted molar refractivity (Wildman–Crippen MR) is 89.3 cm³/mol. The minimum Gasteiger partial charge on any atom is -0.381 e. The highest BCUT2D eigenvalue weighted by Crippen LogP contribution is 2.34. The molecule has 2 heterocycles. The Labute approximate surface area is 132 Å². The van der Waals surface area contributed by atoms with Crippen LogP contribution >= 0.6 is 11.8 Å². The number of nitrogens with zero attached hydrogens (tertiary/aromatic N) is 1. The van der Waals surface area contributed by atoms with Gasteiger partial charge in [-0.3, -0.25) is 4.99 Å². The average molecular weight is 315 g/mol. The smallest absolute Gasteiger partial charge is 0.191 e. The van der Waals surface area contributed by atoms with E-state index >= 15 is 0 Å². The van der Waals surface area contributed by atoms with Gasteiger partial charge in [0.05, 0.1) is 6.10 Å². The monoisotopic (exact) mass is 315 g/mol. The van der Waals surface area contributed by atoms with Gasteiger partial charge in [0.15, 0.2) is 5.96 Å². The zero-order chi connectivity index (χ0) is 15.0. The van der Waals surface area contributed by atoms with E-state index in [0.29, 0.717) is 6.10 Å². The van der Waals surface area contributed by atoms with E-state index in [1.807, 2.05) is 18.8 Å². The Morgan fingerprint density at radius 3 is 2.71 bits per heavy atom. The summed E-state index contributed by atoms with van der Waals surface area (Å²) >= 11 is 2.05. The van der Waals surface area contributed by atoms with Gasteiger partial charge in [0.1, 0.15) is 0 Å². The van der Waals surface area contributed by atoms with Crippen LogP contribution in [-0.2, 0) is 9.47 Å². The highest BCUT2D eigenvalue weighted by Gasteiger charge is 2.32. The third kappa shape index (κ3) is 5.34. The summed E-state index contributed by atoms with van der Waals surface area (Å²) in [5.74, 6) is 2.02. The lowest BCUT2D eigenvalue weighted by atomic mass is 9.99. The average Bonchev–Trinajstić information content (AvgIpc) is 3.02. The summed E-state index contributed by atoms with van der Waals surface area (Å²) in [6, 6.07) is 0. The molecule has 1 atom stereocenters. The van der Waals surface area contributed by atoms with Gasteiger partial charge < -0.3 is 20.1 Å². The molecule has 6 heteroatoms. The number of rotatable bonds is 6. The Bertz CT molecular complexity index is 321. The number of guanidine groups is 1. The SMILES string of the molecule is CCSC1(CNC(=NC)NCC2CCCO2)CCOCC1. The molecular weight excluding hydrogens is 286 g/mol. The van der Waals surface area contributed by atoms with Crippen molar-refractivity contribution in [1.82, 2.24) is 10.6 Å². The second-order valence-electron chi connectivity index (χ2n) is 5.67. The fraction of sp³-hybridized carbons (Fsp3) is 0.933. The number of aliphatic imine (C=N–C) groups is 1. The second kappa shape index (κ2) is 8.86. The van der Waals surface area contributed by atoms with Crippen LogP contribution in [0.15, 0.2) is 4.99 Å². The van der Waals surface area contributed by atoms with Gasteiger partial charge in [0.2, 0.25) is 0 Å². The van der Waals surface area contributed by atoms with Gasteiger partial charge in [-0.25, -0.2) is 0 Å². The van der Waals surface area contributed by atoms with E-state index in [-0.39, 0.29) is 4.75 Å². The third-order valence-electron chi connectivity index (χ3n) is 4.18. The normalized spacial score (nSPS) is 25.8. The van der Waals surface area contributed by atoms with Crippen molar-refractivity contribution in [2.45, 2.75) is 43.5 Å². The quantitative estimate of drug-likeness (QED) is 0.576. The summed E-state index contributed by atoms with van der Waals surface area (Å²) in [7, 11) is 1.83. The molecule has 0 aliphatic carbocycles. The van der Waals surface area contributed by atoms with Crippen molar-refractivity contribution in [2.75, 3.05) is 45.7 Å². The molecule has 1 unspecified atom stereocenters. The maximum absolute atomic E-state index is 5.63. The van der Waals surface area contributed by atoms with Crippen LogP contribution in [0.3, 0.4) is 0 Å². The first-order valence-electron chi connectivity index (χ1n) is 8.06. The number of ether oxygens (including phenoxy) is 2. The summed E-state index contributed by atoms with van der Waals surface area (Å²) < 4.78 is 11.4. The first-order valence-corrected chi connectivity index (χ1v) is 9.04. The summed E-state index contributed by atoms with van der Waals surface area (Å²) in [5.41, 5.74) is 0. The highest BCUT2D eigenvalue weighted by molar-refractivity contribution is 8.00. The molecule has 0 radical (unpaired) electrons. The van der Waals surface area contributed by atoms with Gasteiger partial charge in [-0.2, -0.15) is 11.8 Å². The van der Waals surface area contributed by atoms with E-state index in [2.05, 4.69) is 22.5 Å². The highest BCUT2D eigenvalue weighted by atomic mass is 32.2. The van der Waals surface area contributed by atoms with Crippen molar-refractivity contribution in [2.24, 2.45) is 4.99 Å². The minimum absolute atomic E-state index is 0.286. The van der Waals surface area contributed by atoms with E-state index < -0.39 is 0 Å². The van der Waals surface area contributed by atoms with E-state index in [4.69, 9.17) is 9.47 Å². The van der Waals surface area contributed by atoms with Crippen LogP contribution in [0.1, 0.15) is 32.6 Å². The molecule has 0 saturated carbocycles. The molecule has 0 aromatic rings. The van der Waals surface area contributed by atoms with Crippen LogP contribution in [0, 0.1) is 0 Å². The fourth-order valence-corrected chi connectivity index (χ4v) is 4.14. The largest absolute Gasteiger partial charge is 0.381 e. The van der Waals surface area contributed by atoms with E-state index in [9.17, 15) is 0 Å². The fourth-order valence-electron chi connectivity index (χ4n) is 2.90. The molecular formula is C15H29N3O2S. The number of hydrogen-bond donors (Lipinski definition) is 2. The molecule has 2 aliphatic heterocycles. The summed E-state index contributed by atoms with van der Waals surface area (Å²) in [6.45, 7) is 6.66. The van der Waals surface area contributed by atoms with Gasteiger partial charge in [-0.05, 0) is 31.4 Å². The molecule has 2 aliphatic rings. The van der Waals surface area contributed by atoms with Gasteiger partial charge in [0, 0.05) is 44.7 Å². The zero-order valence-electron chi connectivity index (χ0n) is 13.3. The number of nitrogens with one attached hydrogen (secondary N) is 2. The minimum atomic E-state index is 0.286. The maximum Gasteiger partial charge on any atom is 0.191 e. The van der Waals surface area contributed by atoms with E-state index in [1.54, 1.807) is 0 Å². The number of thioether (sulfide) groups is 1. The molecule has 2 N–H and O–H groups in total. The maximum atomic E-state index is 5.63. The topological polar surface area (TPSA) is 54.9 Å². The van der Waals surface area contributed by atoms with Gasteiger partial charge >= 0.3 is 0 Å². The lowest BCUT2D eigenvalue weighted by Gasteiger charge is -2.37. The van der Waals surface area contributed by atoms with Crippen LogP contribution in [0.25, 0.3) is 0 Å². The lowest BCUT2D eigenvalue weighted by molar-refractivity contribution is 0.0781. The van der Waals surface area contributed by atoms with Gasteiger partial charge in [-0.15, -0.1) is 0 Å². The van der Waals surface area contributed by atoms with Crippen molar-refractivity contribution in [3.05, 3.63) is 0 Å². The molecule has 2 rings (SSSR count). The molecule has 0 spiro atoms. The Morgan fingerprint density at radius 1 is 1.29 bits per heavy atom. The Morgan fingerprint density at radius 2 is 2.10 bits per heavy atom. The molecule has 0 aromatic carbocycles. The van der Waals surface area contributed by atoms with E-state index in [0.717, 1.165) is 63.9 Å². The summed E-state index contributed by atoms with van der Waals surface area (Å²) in [5, 5.41) is 6.88. The number of hydrogen-bond acceptors (Lipinski definition) is 4. The summed E-state index contributed by atoms with van der Waals surface area (Å²) in [4.78, 5) is 4.32.